The van der Waals surface area contributed by atoms with Gasteiger partial charge in [0.2, 0.25) is 0 Å². The van der Waals surface area contributed by atoms with Gasteiger partial charge >= 0.3 is 6.09 Å². The molecule has 0 aliphatic rings. The van der Waals surface area contributed by atoms with Crippen LogP contribution in [0.4, 0.5) is 4.79 Å². The van der Waals surface area contributed by atoms with E-state index in [1.165, 1.54) is 0 Å². The third-order valence-corrected chi connectivity index (χ3v) is 3.25. The van der Waals surface area contributed by atoms with E-state index in [1.807, 2.05) is 30.5 Å². The molecule has 7 nitrogen and oxygen atoms in total. The Bertz CT molecular complexity index is 703. The van der Waals surface area contributed by atoms with E-state index in [2.05, 4.69) is 15.7 Å². The molecule has 124 valence electrons. The van der Waals surface area contributed by atoms with E-state index in [0.29, 0.717) is 6.42 Å². The van der Waals surface area contributed by atoms with Gasteiger partial charge in [0.05, 0.1) is 0 Å². The number of carbonyl (C=O) groups is 2. The lowest BCUT2D eigenvalue weighted by Crippen LogP contribution is -2.51. The van der Waals surface area contributed by atoms with Gasteiger partial charge in [-0.1, -0.05) is 18.2 Å². The van der Waals surface area contributed by atoms with Crippen LogP contribution in [0.5, 0.6) is 0 Å². The zero-order valence-electron chi connectivity index (χ0n) is 13.5. The largest absolute Gasteiger partial charge is 0.444 e. The van der Waals surface area contributed by atoms with Crippen LogP contribution in [0.3, 0.4) is 0 Å². The molecule has 1 aromatic carbocycles. The van der Waals surface area contributed by atoms with Crippen LogP contribution in [0.2, 0.25) is 0 Å². The van der Waals surface area contributed by atoms with Crippen LogP contribution in [-0.4, -0.2) is 28.6 Å². The fourth-order valence-electron chi connectivity index (χ4n) is 2.28. The van der Waals surface area contributed by atoms with Gasteiger partial charge in [-0.15, -0.1) is 0 Å². The summed E-state index contributed by atoms with van der Waals surface area (Å²) in [7, 11) is 0. The lowest BCUT2D eigenvalue weighted by Gasteiger charge is -2.22. The number of hydrogen-bond donors (Lipinski definition) is 4. The summed E-state index contributed by atoms with van der Waals surface area (Å²) in [6.07, 6.45) is 1.45. The smallest absolute Gasteiger partial charge is 0.408 e. The minimum Gasteiger partial charge on any atom is -0.444 e. The van der Waals surface area contributed by atoms with Gasteiger partial charge in [0.25, 0.3) is 5.91 Å². The van der Waals surface area contributed by atoms with Crippen molar-refractivity contribution in [2.24, 2.45) is 5.84 Å². The van der Waals surface area contributed by atoms with Gasteiger partial charge in [0.15, 0.2) is 0 Å². The predicted octanol–water partition coefficient (Wildman–Crippen LogP) is 1.59. The van der Waals surface area contributed by atoms with Crippen LogP contribution < -0.4 is 16.6 Å². The first-order valence-electron chi connectivity index (χ1n) is 7.35. The van der Waals surface area contributed by atoms with Crippen molar-refractivity contribution < 1.29 is 14.3 Å². The number of aromatic amines is 1. The average molecular weight is 318 g/mol. The van der Waals surface area contributed by atoms with Crippen LogP contribution >= 0.6 is 0 Å². The quantitative estimate of drug-likeness (QED) is 0.390. The molecule has 2 aromatic rings. The molecule has 1 heterocycles. The number of benzene rings is 1. The molecule has 1 atom stereocenters. The lowest BCUT2D eigenvalue weighted by molar-refractivity contribution is -0.123. The Kier molecular flexibility index (Phi) is 4.90. The molecule has 0 unspecified atom stereocenters. The molecular weight excluding hydrogens is 296 g/mol. The molecule has 0 aliphatic carbocycles. The summed E-state index contributed by atoms with van der Waals surface area (Å²) < 4.78 is 5.19. The number of aromatic nitrogens is 1. The fourth-order valence-corrected chi connectivity index (χ4v) is 2.28. The molecule has 23 heavy (non-hydrogen) atoms. The number of H-pyrrole nitrogens is 1. The summed E-state index contributed by atoms with van der Waals surface area (Å²) in [4.78, 5) is 27.0. The zero-order chi connectivity index (χ0) is 17.0. The van der Waals surface area contributed by atoms with Crippen LogP contribution in [-0.2, 0) is 16.0 Å². The fraction of sp³-hybridized carbons (Fsp3) is 0.375. The highest BCUT2D eigenvalue weighted by Crippen LogP contribution is 2.19. The van der Waals surface area contributed by atoms with Gasteiger partial charge in [-0.3, -0.25) is 10.2 Å². The molecule has 0 spiro atoms. The first kappa shape index (κ1) is 16.8. The molecule has 7 heteroatoms. The minimum absolute atomic E-state index is 0.298. The zero-order valence-corrected chi connectivity index (χ0v) is 13.5. The maximum absolute atomic E-state index is 12.0. The number of amides is 2. The molecule has 0 aliphatic heterocycles. The molecule has 1 aromatic heterocycles. The standard InChI is InChI=1S/C16H22N4O3/c1-16(2,3)23-15(22)19-13(14(21)20-17)8-10-9-18-12-7-5-4-6-11(10)12/h4-7,9,13,18H,8,17H2,1-3H3,(H,19,22)(H,20,21)/t13-/m1/s1. The Morgan fingerprint density at radius 1 is 1.30 bits per heavy atom. The highest BCUT2D eigenvalue weighted by atomic mass is 16.6. The molecule has 0 bridgehead atoms. The third kappa shape index (κ3) is 4.46. The normalized spacial score (nSPS) is 12.7. The maximum Gasteiger partial charge on any atom is 0.408 e. The molecule has 0 saturated carbocycles. The number of ether oxygens (including phenoxy) is 1. The summed E-state index contributed by atoms with van der Waals surface area (Å²) in [5, 5.41) is 3.55. The van der Waals surface area contributed by atoms with Gasteiger partial charge in [0, 0.05) is 23.5 Å². The molecular formula is C16H22N4O3. The molecule has 0 radical (unpaired) electrons. The Morgan fingerprint density at radius 3 is 2.65 bits per heavy atom. The number of hydrazine groups is 1. The number of alkyl carbamates (subject to hydrolysis) is 1. The van der Waals surface area contributed by atoms with Crippen molar-refractivity contribution in [2.75, 3.05) is 0 Å². The number of rotatable bonds is 4. The van der Waals surface area contributed by atoms with Gasteiger partial charge < -0.3 is 15.0 Å². The van der Waals surface area contributed by atoms with Crippen molar-refractivity contribution in [3.8, 4) is 0 Å². The van der Waals surface area contributed by atoms with E-state index >= 15 is 0 Å². The summed E-state index contributed by atoms with van der Waals surface area (Å²) in [5.41, 5.74) is 3.30. The maximum atomic E-state index is 12.0. The number of hydrogen-bond acceptors (Lipinski definition) is 4. The van der Waals surface area contributed by atoms with E-state index in [4.69, 9.17) is 10.6 Å². The number of fused-ring (bicyclic) bond motifs is 1. The molecule has 2 amide bonds. The van der Waals surface area contributed by atoms with Gasteiger partial charge in [0.1, 0.15) is 11.6 Å². The number of para-hydroxylation sites is 1. The first-order chi connectivity index (χ1) is 10.8. The van der Waals surface area contributed by atoms with Gasteiger partial charge in [-0.25, -0.2) is 10.6 Å². The van der Waals surface area contributed by atoms with Crippen molar-refractivity contribution in [1.82, 2.24) is 15.7 Å². The average Bonchev–Trinajstić information content (AvgIpc) is 2.87. The number of nitrogens with two attached hydrogens (primary N) is 1. The molecule has 5 N–H and O–H groups in total. The monoisotopic (exact) mass is 318 g/mol. The second kappa shape index (κ2) is 6.70. The molecule has 2 rings (SSSR count). The third-order valence-electron chi connectivity index (χ3n) is 3.25. The van der Waals surface area contributed by atoms with Crippen molar-refractivity contribution >= 4 is 22.9 Å². The van der Waals surface area contributed by atoms with E-state index < -0.39 is 23.6 Å². The predicted molar refractivity (Wildman–Crippen MR) is 87.5 cm³/mol. The second-order valence-electron chi connectivity index (χ2n) is 6.27. The lowest BCUT2D eigenvalue weighted by atomic mass is 10.0. The number of carbonyl (C=O) groups excluding carboxylic acids is 2. The van der Waals surface area contributed by atoms with Crippen LogP contribution in [0, 0.1) is 0 Å². The van der Waals surface area contributed by atoms with Crippen molar-refractivity contribution in [3.05, 3.63) is 36.0 Å². The van der Waals surface area contributed by atoms with Crippen LogP contribution in [0.1, 0.15) is 26.3 Å². The highest BCUT2D eigenvalue weighted by Gasteiger charge is 2.25. The topological polar surface area (TPSA) is 109 Å². The molecule has 0 saturated heterocycles. The molecule has 0 fully saturated rings. The Labute approximate surface area is 134 Å². The minimum atomic E-state index is -0.825. The summed E-state index contributed by atoms with van der Waals surface area (Å²) in [6, 6.07) is 6.91. The second-order valence-corrected chi connectivity index (χ2v) is 6.27. The Morgan fingerprint density at radius 2 is 2.00 bits per heavy atom. The SMILES string of the molecule is CC(C)(C)OC(=O)N[C@H](Cc1c[nH]c2ccccc12)C(=O)NN. The van der Waals surface area contributed by atoms with Crippen molar-refractivity contribution in [3.63, 3.8) is 0 Å². The van der Waals surface area contributed by atoms with Crippen molar-refractivity contribution in [2.45, 2.75) is 38.8 Å². The highest BCUT2D eigenvalue weighted by molar-refractivity contribution is 5.88. The van der Waals surface area contributed by atoms with Gasteiger partial charge in [-0.2, -0.15) is 0 Å². The number of nitrogens with one attached hydrogen (secondary N) is 3. The Balaban J connectivity index is 2.16. The van der Waals surface area contributed by atoms with Crippen LogP contribution in [0.15, 0.2) is 30.5 Å². The van der Waals surface area contributed by atoms with E-state index in [9.17, 15) is 9.59 Å². The summed E-state index contributed by atoms with van der Waals surface area (Å²) in [5.74, 6) is 4.73. The first-order valence-corrected chi connectivity index (χ1v) is 7.35. The Hall–Kier alpha value is -2.54. The van der Waals surface area contributed by atoms with E-state index in [-0.39, 0.29) is 0 Å². The summed E-state index contributed by atoms with van der Waals surface area (Å²) >= 11 is 0. The van der Waals surface area contributed by atoms with E-state index in [0.717, 1.165) is 16.5 Å². The van der Waals surface area contributed by atoms with Crippen LogP contribution in [0.25, 0.3) is 10.9 Å². The van der Waals surface area contributed by atoms with E-state index in [1.54, 1.807) is 20.8 Å². The van der Waals surface area contributed by atoms with Gasteiger partial charge in [-0.05, 0) is 32.4 Å². The van der Waals surface area contributed by atoms with Crippen molar-refractivity contribution in [1.29, 1.82) is 0 Å². The summed E-state index contributed by atoms with van der Waals surface area (Å²) in [6.45, 7) is 5.26.